The van der Waals surface area contributed by atoms with E-state index in [-0.39, 0.29) is 0 Å². The zero-order valence-electron chi connectivity index (χ0n) is 9.90. The first-order valence-electron chi connectivity index (χ1n) is 4.85. The topological polar surface area (TPSA) is 18.5 Å². The van der Waals surface area contributed by atoms with E-state index in [9.17, 15) is 0 Å². The van der Waals surface area contributed by atoms with Gasteiger partial charge in [0.05, 0.1) is 13.7 Å². The van der Waals surface area contributed by atoms with E-state index < -0.39 is 0 Å². The normalized spacial score (nSPS) is 10.5. The number of benzene rings is 1. The molecule has 0 bridgehead atoms. The molecule has 0 aliphatic rings. The Balaban J connectivity index is 3.47. The summed E-state index contributed by atoms with van der Waals surface area (Å²) in [7, 11) is 3.40. The van der Waals surface area contributed by atoms with Gasteiger partial charge in [0.25, 0.3) is 0 Å². The largest absolute Gasteiger partial charge is 0.496 e. The van der Waals surface area contributed by atoms with E-state index in [1.807, 2.05) is 0 Å². The van der Waals surface area contributed by atoms with Crippen LogP contribution in [0.1, 0.15) is 22.3 Å². The lowest BCUT2D eigenvalue weighted by atomic mass is 9.99. The zero-order chi connectivity index (χ0) is 11.6. The maximum Gasteiger partial charge on any atom is 0.127 e. The van der Waals surface area contributed by atoms with Gasteiger partial charge in [-0.3, -0.25) is 0 Å². The van der Waals surface area contributed by atoms with Crippen molar-refractivity contribution in [2.75, 3.05) is 14.2 Å². The van der Waals surface area contributed by atoms with Crippen LogP contribution in [0.4, 0.5) is 0 Å². The summed E-state index contributed by atoms with van der Waals surface area (Å²) in [5.74, 6) is 0.940. The molecule has 0 fully saturated rings. The van der Waals surface area contributed by atoms with E-state index in [2.05, 4.69) is 36.7 Å². The highest BCUT2D eigenvalue weighted by atomic mass is 79.9. The molecule has 0 amide bonds. The third-order valence-corrected chi connectivity index (χ3v) is 3.97. The number of hydrogen-bond donors (Lipinski definition) is 0. The van der Waals surface area contributed by atoms with Crippen molar-refractivity contribution < 1.29 is 9.47 Å². The van der Waals surface area contributed by atoms with Crippen molar-refractivity contribution in [3.8, 4) is 5.75 Å². The molecule has 0 saturated heterocycles. The predicted octanol–water partition coefficient (Wildman–Crippen LogP) is 3.53. The second kappa shape index (κ2) is 4.99. The van der Waals surface area contributed by atoms with Crippen LogP contribution in [0.25, 0.3) is 0 Å². The van der Waals surface area contributed by atoms with E-state index in [1.54, 1.807) is 14.2 Å². The van der Waals surface area contributed by atoms with E-state index in [0.717, 1.165) is 15.8 Å². The monoisotopic (exact) mass is 272 g/mol. The molecule has 0 aliphatic carbocycles. The number of ether oxygens (including phenoxy) is 2. The Morgan fingerprint density at radius 2 is 1.60 bits per heavy atom. The van der Waals surface area contributed by atoms with Crippen molar-refractivity contribution in [2.45, 2.75) is 27.4 Å². The van der Waals surface area contributed by atoms with Gasteiger partial charge in [-0.15, -0.1) is 0 Å². The molecule has 0 radical (unpaired) electrons. The van der Waals surface area contributed by atoms with Crippen LogP contribution in [0.3, 0.4) is 0 Å². The van der Waals surface area contributed by atoms with Crippen LogP contribution in [-0.2, 0) is 11.3 Å². The molecular formula is C12H17BrO2. The Labute approximate surface area is 99.7 Å². The first-order valence-corrected chi connectivity index (χ1v) is 5.64. The van der Waals surface area contributed by atoms with Crippen LogP contribution in [0.15, 0.2) is 4.47 Å². The molecule has 0 aliphatic heterocycles. The van der Waals surface area contributed by atoms with Gasteiger partial charge in [-0.05, 0) is 37.5 Å². The van der Waals surface area contributed by atoms with Gasteiger partial charge in [0.1, 0.15) is 5.75 Å². The van der Waals surface area contributed by atoms with Crippen LogP contribution in [0.2, 0.25) is 0 Å². The van der Waals surface area contributed by atoms with Crippen molar-refractivity contribution in [3.05, 3.63) is 26.7 Å². The van der Waals surface area contributed by atoms with E-state index in [4.69, 9.17) is 9.47 Å². The number of methoxy groups -OCH3 is 2. The van der Waals surface area contributed by atoms with Gasteiger partial charge >= 0.3 is 0 Å². The average molecular weight is 273 g/mol. The molecule has 0 aromatic heterocycles. The summed E-state index contributed by atoms with van der Waals surface area (Å²) in [5.41, 5.74) is 4.71. The van der Waals surface area contributed by atoms with Crippen LogP contribution in [0.5, 0.6) is 5.75 Å². The maximum absolute atomic E-state index is 5.44. The fourth-order valence-corrected chi connectivity index (χ4v) is 2.28. The van der Waals surface area contributed by atoms with Gasteiger partial charge in [0.2, 0.25) is 0 Å². The van der Waals surface area contributed by atoms with Gasteiger partial charge in [0, 0.05) is 17.1 Å². The lowest BCUT2D eigenvalue weighted by Crippen LogP contribution is -2.02. The van der Waals surface area contributed by atoms with Crippen molar-refractivity contribution >= 4 is 15.9 Å². The molecule has 1 rings (SSSR count). The van der Waals surface area contributed by atoms with Crippen molar-refractivity contribution in [2.24, 2.45) is 0 Å². The Bertz CT molecular complexity index is 373. The molecule has 2 nitrogen and oxygen atoms in total. The highest BCUT2D eigenvalue weighted by Gasteiger charge is 2.16. The first-order chi connectivity index (χ1) is 7.04. The van der Waals surface area contributed by atoms with Crippen LogP contribution in [-0.4, -0.2) is 14.2 Å². The first kappa shape index (κ1) is 12.5. The molecule has 1 aromatic rings. The summed E-state index contributed by atoms with van der Waals surface area (Å²) in [4.78, 5) is 0. The fraction of sp³-hybridized carbons (Fsp3) is 0.500. The minimum Gasteiger partial charge on any atom is -0.496 e. The highest BCUT2D eigenvalue weighted by molar-refractivity contribution is 9.10. The number of halogens is 1. The summed E-state index contributed by atoms with van der Waals surface area (Å²) in [6.07, 6.45) is 0. The molecule has 0 heterocycles. The molecule has 84 valence electrons. The SMILES string of the molecule is COCc1c(C)c(Br)c(C)c(C)c1OC. The molecule has 0 spiro atoms. The summed E-state index contributed by atoms with van der Waals surface area (Å²) in [5, 5.41) is 0. The zero-order valence-corrected chi connectivity index (χ0v) is 11.5. The summed E-state index contributed by atoms with van der Waals surface area (Å²) in [6, 6.07) is 0. The molecule has 0 saturated carbocycles. The lowest BCUT2D eigenvalue weighted by molar-refractivity contribution is 0.181. The van der Waals surface area contributed by atoms with Gasteiger partial charge in [-0.1, -0.05) is 15.9 Å². The molecule has 3 heteroatoms. The standard InChI is InChI=1S/C12H17BrO2/c1-7-8(2)12(15-5)10(6-14-4)9(3)11(7)13/h6H2,1-5H3. The minimum atomic E-state index is 0.578. The molecular weight excluding hydrogens is 256 g/mol. The number of hydrogen-bond acceptors (Lipinski definition) is 2. The quantitative estimate of drug-likeness (QED) is 0.838. The van der Waals surface area contributed by atoms with Crippen molar-refractivity contribution in [3.63, 3.8) is 0 Å². The molecule has 1 aromatic carbocycles. The van der Waals surface area contributed by atoms with Gasteiger partial charge < -0.3 is 9.47 Å². The second-order valence-electron chi connectivity index (χ2n) is 3.63. The fourth-order valence-electron chi connectivity index (χ4n) is 1.74. The van der Waals surface area contributed by atoms with Crippen molar-refractivity contribution in [1.29, 1.82) is 0 Å². The Kier molecular flexibility index (Phi) is 4.17. The Morgan fingerprint density at radius 3 is 2.07 bits per heavy atom. The summed E-state index contributed by atoms with van der Waals surface area (Å²) in [6.45, 7) is 6.81. The highest BCUT2D eigenvalue weighted by Crippen LogP contribution is 2.36. The Hall–Kier alpha value is -0.540. The van der Waals surface area contributed by atoms with Gasteiger partial charge in [0.15, 0.2) is 0 Å². The minimum absolute atomic E-state index is 0.578. The third-order valence-electron chi connectivity index (χ3n) is 2.78. The average Bonchev–Trinajstić information content (AvgIpc) is 2.24. The summed E-state index contributed by atoms with van der Waals surface area (Å²) >= 11 is 3.60. The van der Waals surface area contributed by atoms with E-state index in [1.165, 1.54) is 16.7 Å². The second-order valence-corrected chi connectivity index (χ2v) is 4.43. The van der Waals surface area contributed by atoms with Gasteiger partial charge in [-0.25, -0.2) is 0 Å². The predicted molar refractivity (Wildman–Crippen MR) is 65.6 cm³/mol. The molecule has 0 unspecified atom stereocenters. The van der Waals surface area contributed by atoms with Crippen molar-refractivity contribution in [1.82, 2.24) is 0 Å². The molecule has 15 heavy (non-hydrogen) atoms. The third kappa shape index (κ3) is 2.18. The summed E-state index contributed by atoms with van der Waals surface area (Å²) < 4.78 is 11.8. The van der Waals surface area contributed by atoms with Crippen LogP contribution in [0, 0.1) is 20.8 Å². The molecule has 0 atom stereocenters. The molecule has 0 N–H and O–H groups in total. The smallest absolute Gasteiger partial charge is 0.127 e. The number of rotatable bonds is 3. The van der Waals surface area contributed by atoms with Gasteiger partial charge in [-0.2, -0.15) is 0 Å². The van der Waals surface area contributed by atoms with Crippen LogP contribution >= 0.6 is 15.9 Å². The van der Waals surface area contributed by atoms with Crippen LogP contribution < -0.4 is 4.74 Å². The lowest BCUT2D eigenvalue weighted by Gasteiger charge is -2.18. The Morgan fingerprint density at radius 1 is 1.00 bits per heavy atom. The van der Waals surface area contributed by atoms with E-state index >= 15 is 0 Å². The van der Waals surface area contributed by atoms with E-state index in [0.29, 0.717) is 6.61 Å². The maximum atomic E-state index is 5.44.